The molecule has 1 heterocycles. The van der Waals surface area contributed by atoms with E-state index < -0.39 is 95.1 Å². The van der Waals surface area contributed by atoms with E-state index in [1.54, 1.807) is 92.6 Å². The molecule has 1 aliphatic heterocycles. The summed E-state index contributed by atoms with van der Waals surface area (Å²) in [5, 5.41) is 27.3. The fourth-order valence-electron chi connectivity index (χ4n) is 8.82. The van der Waals surface area contributed by atoms with Crippen LogP contribution in [-0.2, 0) is 33.3 Å². The van der Waals surface area contributed by atoms with Crippen molar-refractivity contribution in [1.29, 1.82) is 0 Å². The van der Waals surface area contributed by atoms with Crippen molar-refractivity contribution < 1.29 is 62.4 Å². The molecule has 2 aliphatic rings. The Labute approximate surface area is 470 Å². The Morgan fingerprint density at radius 3 is 1.86 bits per heavy atom. The van der Waals surface area contributed by atoms with Gasteiger partial charge < -0.3 is 65.6 Å². The average molecular weight is 1110 g/mol. The van der Waals surface area contributed by atoms with Crippen molar-refractivity contribution in [2.45, 2.75) is 155 Å². The van der Waals surface area contributed by atoms with Crippen molar-refractivity contribution >= 4 is 47.5 Å². The molecule has 0 aromatic heterocycles. The van der Waals surface area contributed by atoms with Crippen LogP contribution in [0, 0.1) is 6.92 Å². The van der Waals surface area contributed by atoms with E-state index in [4.69, 9.17) is 23.7 Å². The van der Waals surface area contributed by atoms with E-state index in [9.17, 15) is 33.9 Å². The van der Waals surface area contributed by atoms with E-state index in [-0.39, 0.29) is 69.7 Å². The molecule has 0 radical (unpaired) electrons. The van der Waals surface area contributed by atoms with Gasteiger partial charge in [0.15, 0.2) is 0 Å². The summed E-state index contributed by atoms with van der Waals surface area (Å²) in [6, 6.07) is 15.2. The number of rotatable bonds is 18. The van der Waals surface area contributed by atoms with Gasteiger partial charge in [-0.05, 0) is 161 Å². The first-order valence-electron chi connectivity index (χ1n) is 27.1. The molecule has 0 spiro atoms. The molecule has 5 rings (SSSR count). The lowest BCUT2D eigenvalue weighted by molar-refractivity contribution is -0.141. The molecule has 0 saturated heterocycles. The van der Waals surface area contributed by atoms with Gasteiger partial charge in [-0.3, -0.25) is 19.2 Å². The minimum absolute atomic E-state index is 0.0116. The number of ether oxygens (including phenoxy) is 5. The molecule has 436 valence electrons. The maximum atomic E-state index is 15.2. The smallest absolute Gasteiger partial charge is 0.407 e. The van der Waals surface area contributed by atoms with Gasteiger partial charge in [-0.15, -0.1) is 0 Å². The highest BCUT2D eigenvalue weighted by Crippen LogP contribution is 2.44. The normalized spacial score (nSPS) is 19.0. The number of aliphatic hydroxyl groups excluding tert-OH is 1. The molecule has 1 aliphatic carbocycles. The molecular formula is C60H83N7O13. The van der Waals surface area contributed by atoms with Crippen LogP contribution in [0.4, 0.5) is 14.4 Å². The molecule has 0 fully saturated rings. The summed E-state index contributed by atoms with van der Waals surface area (Å²) in [6.07, 6.45) is 2.55. The average Bonchev–Trinajstić information content (AvgIpc) is 3.55. The van der Waals surface area contributed by atoms with Gasteiger partial charge in [0.05, 0.1) is 31.4 Å². The predicted octanol–water partition coefficient (Wildman–Crippen LogP) is 7.57. The second-order valence-corrected chi connectivity index (χ2v) is 23.3. The SMILES string of the molecule is Cc1ccc(-c2ccc(C(=O)N[C@@H](CCCNC(=O)OC(C)(C)C)C(=O)N(C)[C@@H]3C(=O)N[C@@H](C)C(=O)N[C@H](CO)CC4=CCC(C)(OCCNC(=O)OC(C)(C)C)C(=C4)c4cc3ccc4OCCNC(=O)OC(C)(C)C)cc2)cc1. The molecule has 0 saturated carbocycles. The molecule has 7 amide bonds. The topological polar surface area (TPSA) is 261 Å². The number of nitrogens with zero attached hydrogens (tertiary/aromatic N) is 1. The van der Waals surface area contributed by atoms with Crippen molar-refractivity contribution in [3.05, 3.63) is 107 Å². The lowest BCUT2D eigenvalue weighted by Crippen LogP contribution is -2.54. The van der Waals surface area contributed by atoms with Gasteiger partial charge in [0.1, 0.15) is 47.3 Å². The fraction of sp³-hybridized carbons (Fsp3) is 0.517. The van der Waals surface area contributed by atoms with E-state index in [0.717, 1.165) is 22.3 Å². The number of aryl methyl sites for hydroxylation is 1. The Hall–Kier alpha value is -7.45. The summed E-state index contributed by atoms with van der Waals surface area (Å²) in [5.74, 6) is -2.27. The molecule has 3 aromatic carbocycles. The van der Waals surface area contributed by atoms with Gasteiger partial charge in [-0.2, -0.15) is 0 Å². The Kier molecular flexibility index (Phi) is 21.9. The highest BCUT2D eigenvalue weighted by molar-refractivity contribution is 5.99. The Morgan fingerprint density at radius 1 is 0.750 bits per heavy atom. The number of benzene rings is 3. The van der Waals surface area contributed by atoms with E-state index in [2.05, 4.69) is 31.9 Å². The zero-order valence-corrected chi connectivity index (χ0v) is 48.7. The zero-order valence-electron chi connectivity index (χ0n) is 48.7. The van der Waals surface area contributed by atoms with E-state index >= 15 is 4.79 Å². The fourth-order valence-corrected chi connectivity index (χ4v) is 8.82. The highest BCUT2D eigenvalue weighted by atomic mass is 16.6. The third-order valence-electron chi connectivity index (χ3n) is 12.7. The van der Waals surface area contributed by atoms with Crippen molar-refractivity contribution in [1.82, 2.24) is 36.8 Å². The molecule has 5 atom stereocenters. The highest BCUT2D eigenvalue weighted by Gasteiger charge is 2.39. The summed E-state index contributed by atoms with van der Waals surface area (Å²) >= 11 is 0. The van der Waals surface area contributed by atoms with Gasteiger partial charge in [-0.25, -0.2) is 14.4 Å². The Morgan fingerprint density at radius 2 is 1.30 bits per heavy atom. The van der Waals surface area contributed by atoms with Crippen LogP contribution in [0.5, 0.6) is 5.75 Å². The van der Waals surface area contributed by atoms with Gasteiger partial charge in [0.25, 0.3) is 5.91 Å². The number of amides is 7. The molecule has 20 nitrogen and oxygen atoms in total. The molecule has 1 unspecified atom stereocenters. The molecule has 80 heavy (non-hydrogen) atoms. The minimum Gasteiger partial charge on any atom is -0.491 e. The molecular weight excluding hydrogens is 1030 g/mol. The lowest BCUT2D eigenvalue weighted by Gasteiger charge is -2.37. The quantitative estimate of drug-likeness (QED) is 0.0480. The van der Waals surface area contributed by atoms with Crippen LogP contribution in [-0.4, -0.2) is 139 Å². The first kappa shape index (κ1) is 63.4. The molecule has 20 heteroatoms. The van der Waals surface area contributed by atoms with Crippen LogP contribution >= 0.6 is 0 Å². The number of hydrogen-bond acceptors (Lipinski definition) is 13. The number of alkyl carbamates (subject to hydrolysis) is 3. The second kappa shape index (κ2) is 27.6. The number of carbonyl (C=O) groups is 7. The lowest BCUT2D eigenvalue weighted by atomic mass is 9.79. The maximum absolute atomic E-state index is 15.2. The van der Waals surface area contributed by atoms with Crippen LogP contribution in [0.1, 0.15) is 135 Å². The van der Waals surface area contributed by atoms with Crippen LogP contribution < -0.4 is 36.6 Å². The number of nitrogens with one attached hydrogen (secondary N) is 6. The van der Waals surface area contributed by atoms with Crippen molar-refractivity contribution in [3.63, 3.8) is 0 Å². The minimum atomic E-state index is -1.46. The number of fused-ring (bicyclic) bond motifs is 4. The summed E-state index contributed by atoms with van der Waals surface area (Å²) in [7, 11) is 1.43. The van der Waals surface area contributed by atoms with Crippen molar-refractivity contribution in [2.75, 3.05) is 46.5 Å². The number of likely N-dealkylation sites (N-methyl/N-ethyl adjacent to an activating group) is 1. The second-order valence-electron chi connectivity index (χ2n) is 23.3. The van der Waals surface area contributed by atoms with Gasteiger partial charge in [0.2, 0.25) is 17.7 Å². The van der Waals surface area contributed by atoms with Gasteiger partial charge >= 0.3 is 18.3 Å². The zero-order chi connectivity index (χ0) is 59.2. The van der Waals surface area contributed by atoms with E-state index in [1.807, 2.05) is 62.4 Å². The predicted molar refractivity (Wildman–Crippen MR) is 304 cm³/mol. The van der Waals surface area contributed by atoms with E-state index in [1.165, 1.54) is 18.9 Å². The van der Waals surface area contributed by atoms with Crippen LogP contribution in [0.25, 0.3) is 16.7 Å². The van der Waals surface area contributed by atoms with Gasteiger partial charge in [-0.1, -0.05) is 60.2 Å². The van der Waals surface area contributed by atoms with E-state index in [0.29, 0.717) is 16.9 Å². The first-order chi connectivity index (χ1) is 37.4. The van der Waals surface area contributed by atoms with Crippen molar-refractivity contribution in [3.8, 4) is 16.9 Å². The molecule has 7 N–H and O–H groups in total. The van der Waals surface area contributed by atoms with Gasteiger partial charge in [0, 0.05) is 31.3 Å². The van der Waals surface area contributed by atoms with Crippen LogP contribution in [0.3, 0.4) is 0 Å². The monoisotopic (exact) mass is 1110 g/mol. The third-order valence-corrected chi connectivity index (χ3v) is 12.7. The molecule has 3 aromatic rings. The summed E-state index contributed by atoms with van der Waals surface area (Å²) < 4.78 is 29.4. The molecule has 4 bridgehead atoms. The Bertz CT molecular complexity index is 2740. The maximum Gasteiger partial charge on any atom is 0.407 e. The summed E-state index contributed by atoms with van der Waals surface area (Å²) in [5.41, 5.74) is 1.83. The largest absolute Gasteiger partial charge is 0.491 e. The number of hydrogen-bond donors (Lipinski definition) is 7. The van der Waals surface area contributed by atoms with Crippen LogP contribution in [0.15, 0.2) is 84.5 Å². The number of carbonyl (C=O) groups excluding carboxylic acids is 7. The number of allylic oxidation sites excluding steroid dienone is 1. The Balaban J connectivity index is 1.59. The third kappa shape index (κ3) is 19.4. The van der Waals surface area contributed by atoms with Crippen LogP contribution in [0.2, 0.25) is 0 Å². The summed E-state index contributed by atoms with van der Waals surface area (Å²) in [4.78, 5) is 97.3. The van der Waals surface area contributed by atoms with Crippen molar-refractivity contribution in [2.24, 2.45) is 0 Å². The first-order valence-corrected chi connectivity index (χ1v) is 27.1. The standard InChI is InChI=1S/C60H83N7O13/c1-37-16-18-40(19-17-37)41-20-22-42(23-21-41)51(70)66-47(15-14-28-61-54(73)78-57(3,4)5)53(72)67(13)49-43-24-25-48(76-31-29-62-55(74)79-58(6,7)8)45(35-43)46-34-39(33-44(36-68)65-50(69)38(2)64-52(49)71)26-27-60(46,12)77-32-30-63-56(75)80-59(9,10)11/h16-26,34-35,38,44,47,49,68H,14-15,27-33,36H2,1-13H3,(H,61,73)(H,62,74)(H,63,75)(H,64,71)(H,65,69)(H,66,70)/t38-,44-,47-,49-,60?/m0/s1. The number of aliphatic hydroxyl groups is 1. The summed E-state index contributed by atoms with van der Waals surface area (Å²) in [6.45, 7) is 20.8.